The predicted octanol–water partition coefficient (Wildman–Crippen LogP) is 2.71. The van der Waals surface area contributed by atoms with E-state index in [1.807, 2.05) is 23.7 Å². The fraction of sp³-hybridized carbons (Fsp3) is 0.526. The van der Waals surface area contributed by atoms with Crippen LogP contribution in [0, 0.1) is 5.92 Å². The van der Waals surface area contributed by atoms with Gasteiger partial charge in [0, 0.05) is 17.9 Å². The van der Waals surface area contributed by atoms with Crippen LogP contribution in [0.5, 0.6) is 0 Å². The van der Waals surface area contributed by atoms with Crippen LogP contribution in [0.3, 0.4) is 0 Å². The van der Waals surface area contributed by atoms with E-state index in [-0.39, 0.29) is 5.92 Å². The summed E-state index contributed by atoms with van der Waals surface area (Å²) in [6, 6.07) is 3.70. The molecular formula is C19H24FN7O. The maximum Gasteiger partial charge on any atom is 0.158 e. The van der Waals surface area contributed by atoms with E-state index >= 15 is 0 Å². The van der Waals surface area contributed by atoms with Crippen molar-refractivity contribution in [3.63, 3.8) is 0 Å². The number of piperidine rings is 1. The maximum atomic E-state index is 14.3. The fourth-order valence-corrected chi connectivity index (χ4v) is 4.02. The number of anilines is 2. The number of H-pyrrole nitrogens is 1. The van der Waals surface area contributed by atoms with E-state index in [1.165, 1.54) is 0 Å². The molecule has 28 heavy (non-hydrogen) atoms. The Morgan fingerprint density at radius 2 is 2.18 bits per heavy atom. The number of aromatic amines is 1. The quantitative estimate of drug-likeness (QED) is 0.640. The summed E-state index contributed by atoms with van der Waals surface area (Å²) in [5.41, 5.74) is 2.53. The molecule has 5 heterocycles. The first kappa shape index (κ1) is 17.6. The molecule has 3 aromatic rings. The zero-order valence-corrected chi connectivity index (χ0v) is 15.7. The van der Waals surface area contributed by atoms with Crippen LogP contribution in [0.4, 0.5) is 16.0 Å². The average molecular weight is 385 g/mol. The number of aromatic nitrogens is 5. The number of halogens is 1. The Bertz CT molecular complexity index is 964. The maximum absolute atomic E-state index is 14.3. The molecule has 5 rings (SSSR count). The van der Waals surface area contributed by atoms with Crippen LogP contribution in [-0.2, 0) is 4.74 Å². The summed E-state index contributed by atoms with van der Waals surface area (Å²) in [5, 5.41) is 18.2. The second kappa shape index (κ2) is 7.14. The molecule has 3 atom stereocenters. The lowest BCUT2D eigenvalue weighted by molar-refractivity contribution is 0.0744. The van der Waals surface area contributed by atoms with Crippen molar-refractivity contribution in [3.8, 4) is 0 Å². The molecule has 148 valence electrons. The molecule has 0 radical (unpaired) electrons. The average Bonchev–Trinajstić information content (AvgIpc) is 3.44. The number of alkyl halides is 1. The Kier molecular flexibility index (Phi) is 4.48. The number of rotatable bonds is 4. The molecule has 2 fully saturated rings. The summed E-state index contributed by atoms with van der Waals surface area (Å²) in [6.07, 6.45) is 4.25. The zero-order chi connectivity index (χ0) is 19.1. The van der Waals surface area contributed by atoms with Gasteiger partial charge >= 0.3 is 0 Å². The van der Waals surface area contributed by atoms with Crippen LogP contribution < -0.4 is 10.6 Å². The molecule has 0 aliphatic carbocycles. The number of nitrogens with one attached hydrogen (secondary N) is 3. The molecule has 0 bridgehead atoms. The fourth-order valence-electron chi connectivity index (χ4n) is 4.02. The van der Waals surface area contributed by atoms with E-state index in [1.54, 1.807) is 12.3 Å². The van der Waals surface area contributed by atoms with Crippen molar-refractivity contribution in [2.75, 3.05) is 25.0 Å². The van der Waals surface area contributed by atoms with E-state index in [2.05, 4.69) is 25.9 Å². The number of ether oxygens (including phenoxy) is 1. The van der Waals surface area contributed by atoms with Crippen molar-refractivity contribution >= 4 is 17.2 Å². The highest BCUT2D eigenvalue weighted by Crippen LogP contribution is 2.35. The lowest BCUT2D eigenvalue weighted by Crippen LogP contribution is -2.27. The Morgan fingerprint density at radius 1 is 1.32 bits per heavy atom. The molecule has 2 aliphatic rings. The second-order valence-electron chi connectivity index (χ2n) is 7.71. The van der Waals surface area contributed by atoms with Gasteiger partial charge in [-0.2, -0.15) is 10.2 Å². The van der Waals surface area contributed by atoms with Gasteiger partial charge in [-0.05, 0) is 32.0 Å². The normalized spacial score (nSPS) is 26.1. The Morgan fingerprint density at radius 3 is 2.96 bits per heavy atom. The van der Waals surface area contributed by atoms with Gasteiger partial charge in [0.25, 0.3) is 0 Å². The number of hydrogen-bond acceptors (Lipinski definition) is 6. The van der Waals surface area contributed by atoms with Crippen molar-refractivity contribution in [2.45, 2.75) is 38.0 Å². The molecule has 3 N–H and O–H groups in total. The summed E-state index contributed by atoms with van der Waals surface area (Å²) in [5.74, 6) is 1.58. The summed E-state index contributed by atoms with van der Waals surface area (Å²) in [6.45, 7) is 4.27. The van der Waals surface area contributed by atoms with Gasteiger partial charge in [0.15, 0.2) is 11.6 Å². The molecule has 2 aliphatic heterocycles. The zero-order valence-electron chi connectivity index (χ0n) is 15.7. The minimum Gasteiger partial charge on any atom is -0.368 e. The standard InChI is InChI=1S/C19H24FN7O/c1-11-10-28-18(17(11)20)13-8-16(26-25-13)24-19-15-4-7-22-27(15)9-14(23-19)12-2-5-21-6-3-12/h4,7-9,11-12,17-18,21H,2-3,5-6,10H2,1H3,(H2,23,24,25,26). The third kappa shape index (κ3) is 3.14. The summed E-state index contributed by atoms with van der Waals surface area (Å²) < 4.78 is 21.7. The lowest BCUT2D eigenvalue weighted by atomic mass is 9.95. The molecule has 8 nitrogen and oxygen atoms in total. The number of hydrogen-bond donors (Lipinski definition) is 3. The molecular weight excluding hydrogens is 361 g/mol. The van der Waals surface area contributed by atoms with Crippen LogP contribution in [0.25, 0.3) is 5.52 Å². The number of fused-ring (bicyclic) bond motifs is 1. The first-order chi connectivity index (χ1) is 13.7. The first-order valence-corrected chi connectivity index (χ1v) is 9.82. The Hall–Kier alpha value is -2.52. The third-order valence-corrected chi connectivity index (χ3v) is 5.69. The summed E-state index contributed by atoms with van der Waals surface area (Å²) in [7, 11) is 0. The van der Waals surface area contributed by atoms with E-state index < -0.39 is 12.3 Å². The van der Waals surface area contributed by atoms with Crippen LogP contribution in [0.1, 0.15) is 43.2 Å². The minimum atomic E-state index is -1.03. The molecule has 0 amide bonds. The molecule has 3 unspecified atom stereocenters. The van der Waals surface area contributed by atoms with E-state index in [9.17, 15) is 4.39 Å². The van der Waals surface area contributed by atoms with Crippen molar-refractivity contribution < 1.29 is 9.13 Å². The molecule has 3 aromatic heterocycles. The minimum absolute atomic E-state index is 0.112. The van der Waals surface area contributed by atoms with Gasteiger partial charge in [-0.3, -0.25) is 5.10 Å². The van der Waals surface area contributed by atoms with Gasteiger partial charge < -0.3 is 15.4 Å². The van der Waals surface area contributed by atoms with Crippen molar-refractivity contribution in [3.05, 3.63) is 35.9 Å². The van der Waals surface area contributed by atoms with E-state index in [0.29, 0.717) is 29.9 Å². The van der Waals surface area contributed by atoms with Crippen LogP contribution in [0.2, 0.25) is 0 Å². The van der Waals surface area contributed by atoms with Crippen molar-refractivity contribution in [1.29, 1.82) is 0 Å². The third-order valence-electron chi connectivity index (χ3n) is 5.69. The van der Waals surface area contributed by atoms with Crippen LogP contribution >= 0.6 is 0 Å². The van der Waals surface area contributed by atoms with Gasteiger partial charge in [-0.15, -0.1) is 0 Å². The lowest BCUT2D eigenvalue weighted by Gasteiger charge is -2.22. The molecule has 9 heteroatoms. The van der Waals surface area contributed by atoms with Crippen molar-refractivity contribution in [2.24, 2.45) is 5.92 Å². The Balaban J connectivity index is 1.42. The highest BCUT2D eigenvalue weighted by Gasteiger charge is 2.37. The monoisotopic (exact) mass is 385 g/mol. The van der Waals surface area contributed by atoms with E-state index in [0.717, 1.165) is 37.1 Å². The summed E-state index contributed by atoms with van der Waals surface area (Å²) in [4.78, 5) is 4.87. The van der Waals surface area contributed by atoms with Gasteiger partial charge in [-0.25, -0.2) is 13.9 Å². The largest absolute Gasteiger partial charge is 0.368 e. The topological polar surface area (TPSA) is 92.2 Å². The molecule has 2 saturated heterocycles. The van der Waals surface area contributed by atoms with Crippen LogP contribution in [0.15, 0.2) is 24.5 Å². The highest BCUT2D eigenvalue weighted by molar-refractivity contribution is 5.72. The second-order valence-corrected chi connectivity index (χ2v) is 7.71. The first-order valence-electron chi connectivity index (χ1n) is 9.82. The molecule has 0 spiro atoms. The van der Waals surface area contributed by atoms with Crippen LogP contribution in [-0.4, -0.2) is 50.7 Å². The number of nitrogens with zero attached hydrogens (tertiary/aromatic N) is 4. The SMILES string of the molecule is CC1COC(c2cc(Nc3nc(C4CCNCC4)cn4nccc34)n[nH]2)C1F. The highest BCUT2D eigenvalue weighted by atomic mass is 19.1. The van der Waals surface area contributed by atoms with Gasteiger partial charge in [0.2, 0.25) is 0 Å². The smallest absolute Gasteiger partial charge is 0.158 e. The molecule has 0 saturated carbocycles. The van der Waals surface area contributed by atoms with E-state index in [4.69, 9.17) is 9.72 Å². The van der Waals surface area contributed by atoms with Gasteiger partial charge in [-0.1, -0.05) is 6.92 Å². The van der Waals surface area contributed by atoms with Gasteiger partial charge in [0.05, 0.1) is 30.4 Å². The van der Waals surface area contributed by atoms with Crippen molar-refractivity contribution in [1.82, 2.24) is 30.1 Å². The summed E-state index contributed by atoms with van der Waals surface area (Å²) >= 11 is 0. The van der Waals surface area contributed by atoms with Gasteiger partial charge in [0.1, 0.15) is 17.8 Å². The Labute approximate surface area is 161 Å². The molecule has 0 aromatic carbocycles. The predicted molar refractivity (Wildman–Crippen MR) is 102 cm³/mol.